The number of aryl methyl sites for hydroxylation is 1. The van der Waals surface area contributed by atoms with E-state index in [9.17, 15) is 14.3 Å². The number of rotatable bonds is 5. The van der Waals surface area contributed by atoms with Crippen LogP contribution in [0, 0.1) is 11.6 Å². The van der Waals surface area contributed by atoms with E-state index in [2.05, 4.69) is 15.0 Å². The SMILES string of the molecule is CCc1c(F)ccc2cc(O)cc(-c3[nH]c(=O)c(C(N)=NC(C)c4cccnc4N)c(N)c3F)c12. The smallest absolute Gasteiger partial charge is 0.261 e. The molecule has 8 N–H and O–H groups in total. The number of anilines is 2. The molecule has 0 aliphatic rings. The fourth-order valence-corrected chi connectivity index (χ4v) is 4.21. The highest BCUT2D eigenvalue weighted by Crippen LogP contribution is 2.37. The number of benzene rings is 2. The van der Waals surface area contributed by atoms with Gasteiger partial charge in [-0.3, -0.25) is 9.79 Å². The van der Waals surface area contributed by atoms with E-state index in [1.165, 1.54) is 30.5 Å². The highest BCUT2D eigenvalue weighted by Gasteiger charge is 2.23. The minimum atomic E-state index is -0.982. The first-order chi connectivity index (χ1) is 16.6. The lowest BCUT2D eigenvalue weighted by Crippen LogP contribution is -2.28. The molecule has 2 aromatic carbocycles. The summed E-state index contributed by atoms with van der Waals surface area (Å²) in [6, 6.07) is 8.22. The summed E-state index contributed by atoms with van der Waals surface area (Å²) in [6.07, 6.45) is 1.83. The number of nitrogens with one attached hydrogen (secondary N) is 1. The van der Waals surface area contributed by atoms with Gasteiger partial charge in [-0.2, -0.15) is 0 Å². The number of aromatic hydroxyl groups is 1. The lowest BCUT2D eigenvalue weighted by atomic mass is 9.94. The first kappa shape index (κ1) is 23.7. The average molecular weight is 479 g/mol. The Hall–Kier alpha value is -4.47. The van der Waals surface area contributed by atoms with Crippen molar-refractivity contribution in [1.82, 2.24) is 9.97 Å². The second-order valence-electron chi connectivity index (χ2n) is 8.07. The quantitative estimate of drug-likeness (QED) is 0.217. The first-order valence-electron chi connectivity index (χ1n) is 10.8. The maximum atomic E-state index is 15.6. The number of hydrogen-bond donors (Lipinski definition) is 5. The van der Waals surface area contributed by atoms with E-state index in [1.807, 2.05) is 0 Å². The van der Waals surface area contributed by atoms with Gasteiger partial charge in [0.25, 0.3) is 5.56 Å². The molecule has 0 saturated heterocycles. The number of aromatic nitrogens is 2. The van der Waals surface area contributed by atoms with Crippen molar-refractivity contribution in [2.45, 2.75) is 26.3 Å². The fraction of sp³-hybridized carbons (Fsp3) is 0.160. The number of fused-ring (bicyclic) bond motifs is 1. The van der Waals surface area contributed by atoms with Crippen LogP contribution >= 0.6 is 0 Å². The van der Waals surface area contributed by atoms with Crippen LogP contribution in [-0.2, 0) is 6.42 Å². The Balaban J connectivity index is 1.91. The Morgan fingerprint density at radius 2 is 1.97 bits per heavy atom. The second-order valence-corrected chi connectivity index (χ2v) is 8.07. The van der Waals surface area contributed by atoms with Gasteiger partial charge in [-0.15, -0.1) is 0 Å². The Bertz CT molecular complexity index is 1550. The summed E-state index contributed by atoms with van der Waals surface area (Å²) in [5.41, 5.74) is 17.0. The normalized spacial score (nSPS) is 12.7. The van der Waals surface area contributed by atoms with Gasteiger partial charge in [-0.25, -0.2) is 13.8 Å². The molecule has 2 aromatic heterocycles. The molecular weight excluding hydrogens is 454 g/mol. The van der Waals surface area contributed by atoms with Crippen molar-refractivity contribution in [1.29, 1.82) is 0 Å². The number of phenols is 1. The van der Waals surface area contributed by atoms with E-state index >= 15 is 4.39 Å². The minimum Gasteiger partial charge on any atom is -0.508 e. The number of nitrogens with two attached hydrogens (primary N) is 3. The highest BCUT2D eigenvalue weighted by atomic mass is 19.1. The van der Waals surface area contributed by atoms with Crippen molar-refractivity contribution >= 4 is 28.1 Å². The van der Waals surface area contributed by atoms with Gasteiger partial charge in [-0.1, -0.05) is 19.1 Å². The molecule has 8 nitrogen and oxygen atoms in total. The monoisotopic (exact) mass is 478 g/mol. The molecule has 0 aliphatic heterocycles. The molecule has 0 amide bonds. The molecule has 0 saturated carbocycles. The summed E-state index contributed by atoms with van der Waals surface area (Å²) in [6.45, 7) is 3.44. The van der Waals surface area contributed by atoms with Crippen LogP contribution < -0.4 is 22.8 Å². The molecule has 0 bridgehead atoms. The number of hydrogen-bond acceptors (Lipinski definition) is 6. The zero-order valence-electron chi connectivity index (χ0n) is 19.1. The van der Waals surface area contributed by atoms with Gasteiger partial charge in [0.15, 0.2) is 5.82 Å². The molecule has 1 atom stereocenters. The summed E-state index contributed by atoms with van der Waals surface area (Å²) in [4.78, 5) is 23.7. The second kappa shape index (κ2) is 9.05. The molecule has 35 heavy (non-hydrogen) atoms. The van der Waals surface area contributed by atoms with Crippen molar-refractivity contribution in [2.75, 3.05) is 11.5 Å². The van der Waals surface area contributed by atoms with Gasteiger partial charge < -0.3 is 27.3 Å². The first-order valence-corrected chi connectivity index (χ1v) is 10.8. The van der Waals surface area contributed by atoms with Gasteiger partial charge in [-0.05, 0) is 53.9 Å². The number of amidine groups is 1. The number of pyridine rings is 2. The number of nitrogen functional groups attached to an aromatic ring is 2. The molecule has 180 valence electrons. The molecule has 1 unspecified atom stereocenters. The van der Waals surface area contributed by atoms with Crippen molar-refractivity contribution in [3.05, 3.63) is 81.3 Å². The Morgan fingerprint density at radius 3 is 2.66 bits per heavy atom. The van der Waals surface area contributed by atoms with Gasteiger partial charge in [0.05, 0.1) is 17.4 Å². The van der Waals surface area contributed by atoms with Crippen LogP contribution in [0.5, 0.6) is 5.75 Å². The van der Waals surface area contributed by atoms with E-state index in [0.29, 0.717) is 28.3 Å². The predicted octanol–water partition coefficient (Wildman–Crippen LogP) is 3.77. The van der Waals surface area contributed by atoms with Crippen LogP contribution in [0.15, 0.2) is 52.4 Å². The number of phenolic OH excluding ortho intramolecular Hbond substituents is 1. The molecule has 0 radical (unpaired) electrons. The van der Waals surface area contributed by atoms with E-state index in [0.717, 1.165) is 0 Å². The van der Waals surface area contributed by atoms with E-state index < -0.39 is 28.9 Å². The standard InChI is InChI=1S/C25H24F2N6O2/c1-3-14-17(26)7-6-12-9-13(34)10-16(18(12)14)22-20(27)21(28)19(25(35)33-22)24(30)32-11(2)15-5-4-8-31-23(15)29/h4-11,34H,3H2,1-2H3,(H2,29,31)(H2,30,32)(H3,28,33,35). The fourth-order valence-electron chi connectivity index (χ4n) is 4.21. The van der Waals surface area contributed by atoms with Crippen LogP contribution in [-0.4, -0.2) is 20.9 Å². The lowest BCUT2D eigenvalue weighted by molar-refractivity contribution is 0.476. The van der Waals surface area contributed by atoms with E-state index in [1.54, 1.807) is 26.0 Å². The lowest BCUT2D eigenvalue weighted by Gasteiger charge is -2.16. The number of halogens is 2. The molecule has 10 heteroatoms. The van der Waals surface area contributed by atoms with Gasteiger partial charge >= 0.3 is 0 Å². The summed E-state index contributed by atoms with van der Waals surface area (Å²) < 4.78 is 30.1. The summed E-state index contributed by atoms with van der Waals surface area (Å²) in [5.74, 6) is -1.70. The van der Waals surface area contributed by atoms with Crippen LogP contribution in [0.2, 0.25) is 0 Å². The zero-order chi connectivity index (χ0) is 25.4. The van der Waals surface area contributed by atoms with E-state index in [4.69, 9.17) is 17.2 Å². The Morgan fingerprint density at radius 1 is 1.23 bits per heavy atom. The number of H-pyrrole nitrogens is 1. The third kappa shape index (κ3) is 4.14. The summed E-state index contributed by atoms with van der Waals surface area (Å²) in [5, 5.41) is 11.0. The van der Waals surface area contributed by atoms with Crippen LogP contribution in [0.1, 0.15) is 36.6 Å². The third-order valence-electron chi connectivity index (χ3n) is 5.88. The zero-order valence-corrected chi connectivity index (χ0v) is 19.1. The topological polar surface area (TPSA) is 156 Å². The minimum absolute atomic E-state index is 0.0937. The number of aromatic amines is 1. The van der Waals surface area contributed by atoms with Crippen LogP contribution in [0.4, 0.5) is 20.3 Å². The maximum absolute atomic E-state index is 15.6. The van der Waals surface area contributed by atoms with Crippen molar-refractivity contribution in [3.8, 4) is 17.0 Å². The van der Waals surface area contributed by atoms with Crippen LogP contribution in [0.3, 0.4) is 0 Å². The predicted molar refractivity (Wildman–Crippen MR) is 133 cm³/mol. The van der Waals surface area contributed by atoms with Gasteiger partial charge in [0.1, 0.15) is 28.8 Å². The highest BCUT2D eigenvalue weighted by molar-refractivity contribution is 6.04. The van der Waals surface area contributed by atoms with Crippen molar-refractivity contribution in [2.24, 2.45) is 10.7 Å². The molecule has 4 aromatic rings. The molecule has 0 spiro atoms. The summed E-state index contributed by atoms with van der Waals surface area (Å²) in [7, 11) is 0. The number of nitrogens with zero attached hydrogens (tertiary/aromatic N) is 2. The largest absolute Gasteiger partial charge is 0.508 e. The average Bonchev–Trinajstić information content (AvgIpc) is 2.81. The van der Waals surface area contributed by atoms with Crippen molar-refractivity contribution in [3.63, 3.8) is 0 Å². The molecule has 2 heterocycles. The third-order valence-corrected chi connectivity index (χ3v) is 5.88. The Labute approximate surface area is 199 Å². The maximum Gasteiger partial charge on any atom is 0.261 e. The van der Waals surface area contributed by atoms with Crippen molar-refractivity contribution < 1.29 is 13.9 Å². The van der Waals surface area contributed by atoms with Gasteiger partial charge in [0.2, 0.25) is 0 Å². The van der Waals surface area contributed by atoms with Gasteiger partial charge in [0, 0.05) is 17.3 Å². The van der Waals surface area contributed by atoms with E-state index in [-0.39, 0.29) is 34.2 Å². The number of aliphatic imine (C=N–C) groups is 1. The Kier molecular flexibility index (Phi) is 6.12. The summed E-state index contributed by atoms with van der Waals surface area (Å²) >= 11 is 0. The molecular formula is C25H24F2N6O2. The molecule has 0 fully saturated rings. The molecule has 0 aliphatic carbocycles. The molecule has 4 rings (SSSR count). The van der Waals surface area contributed by atoms with Crippen LogP contribution in [0.25, 0.3) is 22.0 Å².